The summed E-state index contributed by atoms with van der Waals surface area (Å²) in [6, 6.07) is 5.74. The van der Waals surface area contributed by atoms with E-state index in [2.05, 4.69) is 22.2 Å². The minimum absolute atomic E-state index is 0.519. The standard InChI is InChI=1S/C15H19ClN4/c1-4-6-13-19-14(17)10(3)15(20-13)18-12-8-5-7-11(16)9(12)2/h5,7-8H,4,6H2,1-3H3,(H3,17,18,19,20). The normalized spacial score (nSPS) is 10.6. The highest BCUT2D eigenvalue weighted by atomic mass is 35.5. The van der Waals surface area contributed by atoms with Gasteiger partial charge in [0.2, 0.25) is 0 Å². The highest BCUT2D eigenvalue weighted by Gasteiger charge is 2.10. The first kappa shape index (κ1) is 14.6. The minimum atomic E-state index is 0.519. The molecule has 0 aliphatic rings. The van der Waals surface area contributed by atoms with Gasteiger partial charge in [0.15, 0.2) is 0 Å². The van der Waals surface area contributed by atoms with E-state index < -0.39 is 0 Å². The fraction of sp³-hybridized carbons (Fsp3) is 0.333. The number of benzene rings is 1. The summed E-state index contributed by atoms with van der Waals surface area (Å²) < 4.78 is 0. The molecule has 0 bridgehead atoms. The molecule has 0 spiro atoms. The second-order valence-corrected chi connectivity index (χ2v) is 5.19. The molecule has 4 nitrogen and oxygen atoms in total. The monoisotopic (exact) mass is 290 g/mol. The van der Waals surface area contributed by atoms with Crippen LogP contribution in [0.1, 0.15) is 30.3 Å². The van der Waals surface area contributed by atoms with Crippen LogP contribution >= 0.6 is 11.6 Å². The van der Waals surface area contributed by atoms with Gasteiger partial charge in [-0.15, -0.1) is 0 Å². The third-order valence-electron chi connectivity index (χ3n) is 3.22. The second-order valence-electron chi connectivity index (χ2n) is 4.79. The molecule has 0 aliphatic heterocycles. The number of hydrogen-bond acceptors (Lipinski definition) is 4. The lowest BCUT2D eigenvalue weighted by Crippen LogP contribution is -2.07. The number of aromatic nitrogens is 2. The summed E-state index contributed by atoms with van der Waals surface area (Å²) in [6.07, 6.45) is 1.80. The Morgan fingerprint density at radius 3 is 2.65 bits per heavy atom. The Morgan fingerprint density at radius 2 is 1.95 bits per heavy atom. The van der Waals surface area contributed by atoms with Crippen LogP contribution in [-0.4, -0.2) is 9.97 Å². The number of hydrogen-bond donors (Lipinski definition) is 2. The maximum absolute atomic E-state index is 6.13. The van der Waals surface area contributed by atoms with Crippen molar-refractivity contribution in [2.45, 2.75) is 33.6 Å². The molecule has 2 aromatic rings. The molecular weight excluding hydrogens is 272 g/mol. The van der Waals surface area contributed by atoms with Gasteiger partial charge < -0.3 is 11.1 Å². The highest BCUT2D eigenvalue weighted by molar-refractivity contribution is 6.31. The van der Waals surface area contributed by atoms with E-state index in [1.807, 2.05) is 32.0 Å². The van der Waals surface area contributed by atoms with Crippen molar-refractivity contribution in [3.63, 3.8) is 0 Å². The highest BCUT2D eigenvalue weighted by Crippen LogP contribution is 2.28. The molecular formula is C15H19ClN4. The second kappa shape index (κ2) is 6.09. The van der Waals surface area contributed by atoms with Crippen LogP contribution < -0.4 is 11.1 Å². The molecule has 20 heavy (non-hydrogen) atoms. The maximum Gasteiger partial charge on any atom is 0.139 e. The molecule has 0 atom stereocenters. The zero-order chi connectivity index (χ0) is 14.7. The lowest BCUT2D eigenvalue weighted by Gasteiger charge is -2.14. The Morgan fingerprint density at radius 1 is 1.20 bits per heavy atom. The average Bonchev–Trinajstić information content (AvgIpc) is 2.41. The first-order valence-electron chi connectivity index (χ1n) is 6.68. The van der Waals surface area contributed by atoms with Gasteiger partial charge in [0.25, 0.3) is 0 Å². The number of nitrogen functional groups attached to an aromatic ring is 1. The van der Waals surface area contributed by atoms with Gasteiger partial charge in [-0.2, -0.15) is 0 Å². The topological polar surface area (TPSA) is 63.8 Å². The molecule has 0 amide bonds. The molecule has 5 heteroatoms. The Kier molecular flexibility index (Phi) is 4.45. The molecule has 1 aromatic carbocycles. The third kappa shape index (κ3) is 3.02. The van der Waals surface area contributed by atoms with Gasteiger partial charge in [0.1, 0.15) is 17.5 Å². The van der Waals surface area contributed by atoms with Gasteiger partial charge in [-0.1, -0.05) is 24.6 Å². The first-order chi connectivity index (χ1) is 9.52. The predicted octanol–water partition coefficient (Wildman–Crippen LogP) is 4.03. The molecule has 106 valence electrons. The summed E-state index contributed by atoms with van der Waals surface area (Å²) in [6.45, 7) is 5.97. The van der Waals surface area contributed by atoms with E-state index in [-0.39, 0.29) is 0 Å². The number of halogens is 1. The van der Waals surface area contributed by atoms with Crippen molar-refractivity contribution in [3.8, 4) is 0 Å². The van der Waals surface area contributed by atoms with Crippen LogP contribution in [0.5, 0.6) is 0 Å². The van der Waals surface area contributed by atoms with Crippen LogP contribution in [0.4, 0.5) is 17.3 Å². The SMILES string of the molecule is CCCc1nc(N)c(C)c(Nc2cccc(Cl)c2C)n1. The number of rotatable bonds is 4. The Labute approximate surface area is 124 Å². The van der Waals surface area contributed by atoms with Crippen LogP contribution in [-0.2, 0) is 6.42 Å². The zero-order valence-corrected chi connectivity index (χ0v) is 12.8. The van der Waals surface area contributed by atoms with E-state index in [0.29, 0.717) is 5.82 Å². The third-order valence-corrected chi connectivity index (χ3v) is 3.63. The van der Waals surface area contributed by atoms with Gasteiger partial charge in [-0.05, 0) is 38.0 Å². The van der Waals surface area contributed by atoms with E-state index >= 15 is 0 Å². The molecule has 0 radical (unpaired) electrons. The maximum atomic E-state index is 6.13. The number of anilines is 3. The smallest absolute Gasteiger partial charge is 0.139 e. The summed E-state index contributed by atoms with van der Waals surface area (Å²) in [7, 11) is 0. The quantitative estimate of drug-likeness (QED) is 0.892. The molecule has 0 aliphatic carbocycles. The van der Waals surface area contributed by atoms with Crippen LogP contribution in [0, 0.1) is 13.8 Å². The summed E-state index contributed by atoms with van der Waals surface area (Å²) in [4.78, 5) is 8.85. The summed E-state index contributed by atoms with van der Waals surface area (Å²) in [5.74, 6) is 2.02. The predicted molar refractivity (Wildman–Crippen MR) is 84.6 cm³/mol. The molecule has 3 N–H and O–H groups in total. The van der Waals surface area contributed by atoms with Gasteiger partial charge in [0.05, 0.1) is 0 Å². The van der Waals surface area contributed by atoms with E-state index in [1.54, 1.807) is 0 Å². The molecule has 0 saturated heterocycles. The Bertz CT molecular complexity index is 626. The lowest BCUT2D eigenvalue weighted by atomic mass is 10.2. The zero-order valence-electron chi connectivity index (χ0n) is 12.0. The van der Waals surface area contributed by atoms with Crippen LogP contribution in [0.2, 0.25) is 5.02 Å². The number of nitrogens with zero attached hydrogens (tertiary/aromatic N) is 2. The average molecular weight is 291 g/mol. The van der Waals surface area contributed by atoms with E-state index in [9.17, 15) is 0 Å². The molecule has 1 aromatic heterocycles. The van der Waals surface area contributed by atoms with Gasteiger partial charge in [-0.25, -0.2) is 9.97 Å². The fourth-order valence-corrected chi connectivity index (χ4v) is 2.08. The number of nitrogens with one attached hydrogen (secondary N) is 1. The van der Waals surface area contributed by atoms with Crippen LogP contribution in [0.3, 0.4) is 0 Å². The molecule has 1 heterocycles. The van der Waals surface area contributed by atoms with Gasteiger partial charge >= 0.3 is 0 Å². The van der Waals surface area contributed by atoms with Gasteiger partial charge in [-0.3, -0.25) is 0 Å². The largest absolute Gasteiger partial charge is 0.383 e. The fourth-order valence-electron chi connectivity index (χ4n) is 1.91. The van der Waals surface area contributed by atoms with Crippen molar-refractivity contribution in [2.75, 3.05) is 11.1 Å². The molecule has 2 rings (SSSR count). The molecule has 0 saturated carbocycles. The number of aryl methyl sites for hydroxylation is 1. The summed E-state index contributed by atoms with van der Waals surface area (Å²) in [5.41, 5.74) is 8.73. The summed E-state index contributed by atoms with van der Waals surface area (Å²) in [5, 5.41) is 4.03. The molecule has 0 fully saturated rings. The van der Waals surface area contributed by atoms with Crippen molar-refractivity contribution in [1.82, 2.24) is 9.97 Å². The molecule has 0 unspecified atom stereocenters. The van der Waals surface area contributed by atoms with Crippen LogP contribution in [0.15, 0.2) is 18.2 Å². The van der Waals surface area contributed by atoms with Crippen molar-refractivity contribution in [3.05, 3.63) is 40.2 Å². The minimum Gasteiger partial charge on any atom is -0.383 e. The van der Waals surface area contributed by atoms with E-state index in [1.165, 1.54) is 0 Å². The van der Waals surface area contributed by atoms with Crippen molar-refractivity contribution in [1.29, 1.82) is 0 Å². The lowest BCUT2D eigenvalue weighted by molar-refractivity contribution is 0.836. The van der Waals surface area contributed by atoms with Crippen LogP contribution in [0.25, 0.3) is 0 Å². The van der Waals surface area contributed by atoms with Crippen molar-refractivity contribution < 1.29 is 0 Å². The Balaban J connectivity index is 2.39. The van der Waals surface area contributed by atoms with Crippen molar-refractivity contribution in [2.24, 2.45) is 0 Å². The number of nitrogens with two attached hydrogens (primary N) is 1. The van der Waals surface area contributed by atoms with Gasteiger partial charge in [0, 0.05) is 22.7 Å². The Hall–Kier alpha value is -1.81. The van der Waals surface area contributed by atoms with Crippen molar-refractivity contribution >= 4 is 28.9 Å². The van der Waals surface area contributed by atoms with E-state index in [0.717, 1.165) is 46.3 Å². The summed E-state index contributed by atoms with van der Waals surface area (Å²) >= 11 is 6.13. The first-order valence-corrected chi connectivity index (χ1v) is 7.05. The van der Waals surface area contributed by atoms with E-state index in [4.69, 9.17) is 17.3 Å².